The first-order valence-corrected chi connectivity index (χ1v) is 6.92. The zero-order valence-electron chi connectivity index (χ0n) is 9.52. The van der Waals surface area contributed by atoms with Gasteiger partial charge in [-0.1, -0.05) is 6.07 Å². The quantitative estimate of drug-likeness (QED) is 0.778. The van der Waals surface area contributed by atoms with Crippen LogP contribution in [0.4, 0.5) is 0 Å². The highest BCUT2D eigenvalue weighted by Crippen LogP contribution is 2.05. The van der Waals surface area contributed by atoms with Crippen LogP contribution >= 0.6 is 11.8 Å². The predicted octanol–water partition coefficient (Wildman–Crippen LogP) is 2.18. The summed E-state index contributed by atoms with van der Waals surface area (Å²) in [5.41, 5.74) is 2.24. The van der Waals surface area contributed by atoms with Crippen molar-refractivity contribution in [1.29, 1.82) is 0 Å². The highest BCUT2D eigenvalue weighted by molar-refractivity contribution is 7.98. The Morgan fingerprint density at radius 3 is 3.25 bits per heavy atom. The number of rotatable bonds is 6. The van der Waals surface area contributed by atoms with Gasteiger partial charge in [0.15, 0.2) is 0 Å². The van der Waals surface area contributed by atoms with Crippen LogP contribution < -0.4 is 5.32 Å². The summed E-state index contributed by atoms with van der Waals surface area (Å²) in [6, 6.07) is 6.07. The van der Waals surface area contributed by atoms with E-state index in [0.717, 1.165) is 18.7 Å². The lowest BCUT2D eigenvalue weighted by molar-refractivity contribution is 0.664. The minimum atomic E-state index is 0.888. The number of thioether (sulfide) groups is 1. The lowest BCUT2D eigenvalue weighted by atomic mass is 10.4. The van der Waals surface area contributed by atoms with Gasteiger partial charge in [0.25, 0.3) is 0 Å². The van der Waals surface area contributed by atoms with Gasteiger partial charge in [0.05, 0.1) is 11.9 Å². The highest BCUT2D eigenvalue weighted by Gasteiger charge is 2.00. The van der Waals surface area contributed by atoms with Crippen molar-refractivity contribution < 1.29 is 0 Å². The maximum atomic E-state index is 4.35. The Balaban J connectivity index is 1.89. The van der Waals surface area contributed by atoms with E-state index in [1.807, 2.05) is 36.2 Å². The van der Waals surface area contributed by atoms with Gasteiger partial charge in [-0.25, -0.2) is 4.98 Å². The molecule has 2 aromatic heterocycles. The Morgan fingerprint density at radius 2 is 2.38 bits per heavy atom. The Bertz CT molecular complexity index is 439. The van der Waals surface area contributed by atoms with Crippen LogP contribution in [0.2, 0.25) is 0 Å². The van der Waals surface area contributed by atoms with Gasteiger partial charge < -0.3 is 9.72 Å². The van der Waals surface area contributed by atoms with Crippen LogP contribution in [0.3, 0.4) is 0 Å². The molecule has 0 saturated heterocycles. The van der Waals surface area contributed by atoms with E-state index >= 15 is 0 Å². The minimum absolute atomic E-state index is 0.888. The summed E-state index contributed by atoms with van der Waals surface area (Å²) in [7, 11) is 0. The third-order valence-electron chi connectivity index (χ3n) is 2.50. The van der Waals surface area contributed by atoms with Gasteiger partial charge in [-0.05, 0) is 37.1 Å². The molecule has 0 bridgehead atoms. The number of aromatic nitrogens is 2. The summed E-state index contributed by atoms with van der Waals surface area (Å²) in [5.74, 6) is 1.22. The van der Waals surface area contributed by atoms with E-state index in [0.29, 0.717) is 0 Å². The van der Waals surface area contributed by atoms with Gasteiger partial charge in [0.2, 0.25) is 0 Å². The molecule has 3 nitrogen and oxygen atoms in total. The normalized spacial score (nSPS) is 11.1. The molecule has 16 heavy (non-hydrogen) atoms. The third-order valence-corrected chi connectivity index (χ3v) is 3.20. The molecule has 0 aliphatic rings. The minimum Gasteiger partial charge on any atom is -0.311 e. The molecule has 1 N–H and O–H groups in total. The summed E-state index contributed by atoms with van der Waals surface area (Å²) >= 11 is 1.89. The van der Waals surface area contributed by atoms with Crippen molar-refractivity contribution in [2.75, 3.05) is 18.6 Å². The first-order valence-electron chi connectivity index (χ1n) is 5.52. The number of fused-ring (bicyclic) bond motifs is 1. The average molecular weight is 235 g/mol. The molecule has 2 aromatic rings. The lowest BCUT2D eigenvalue weighted by Gasteiger charge is -2.03. The van der Waals surface area contributed by atoms with Gasteiger partial charge in [0, 0.05) is 12.7 Å². The zero-order valence-corrected chi connectivity index (χ0v) is 10.3. The molecule has 0 unspecified atom stereocenters. The number of hydrogen-bond acceptors (Lipinski definition) is 3. The monoisotopic (exact) mass is 235 g/mol. The van der Waals surface area contributed by atoms with E-state index in [-0.39, 0.29) is 0 Å². The van der Waals surface area contributed by atoms with Crippen LogP contribution in [0.15, 0.2) is 30.6 Å². The molecule has 0 spiro atoms. The molecule has 0 radical (unpaired) electrons. The first kappa shape index (κ1) is 11.5. The van der Waals surface area contributed by atoms with Crippen molar-refractivity contribution in [3.05, 3.63) is 36.3 Å². The number of pyridine rings is 1. The van der Waals surface area contributed by atoms with Crippen molar-refractivity contribution in [3.8, 4) is 0 Å². The number of hydrogen-bond donors (Lipinski definition) is 1. The molecule has 0 aromatic carbocycles. The lowest BCUT2D eigenvalue weighted by Crippen LogP contribution is -2.16. The SMILES string of the molecule is CSCCCNCc1cnc2ccccn12. The van der Waals surface area contributed by atoms with E-state index < -0.39 is 0 Å². The third kappa shape index (κ3) is 2.77. The van der Waals surface area contributed by atoms with Gasteiger partial charge in [-0.2, -0.15) is 11.8 Å². The molecule has 0 atom stereocenters. The van der Waals surface area contributed by atoms with E-state index in [2.05, 4.69) is 27.2 Å². The Morgan fingerprint density at radius 1 is 1.44 bits per heavy atom. The molecule has 2 rings (SSSR count). The topological polar surface area (TPSA) is 29.3 Å². The molecule has 0 saturated carbocycles. The van der Waals surface area contributed by atoms with Crippen molar-refractivity contribution in [2.24, 2.45) is 0 Å². The smallest absolute Gasteiger partial charge is 0.136 e. The molecule has 0 aliphatic carbocycles. The van der Waals surface area contributed by atoms with Crippen LogP contribution in [-0.2, 0) is 6.54 Å². The highest BCUT2D eigenvalue weighted by atomic mass is 32.2. The van der Waals surface area contributed by atoms with Crippen LogP contribution in [0.25, 0.3) is 5.65 Å². The standard InChI is InChI=1S/C12H17N3S/c1-16-8-4-6-13-9-11-10-14-12-5-2-3-7-15(11)12/h2-3,5,7,10,13H,4,6,8-9H2,1H3. The second-order valence-corrected chi connectivity index (χ2v) is 4.69. The molecule has 0 amide bonds. The number of nitrogens with one attached hydrogen (secondary N) is 1. The van der Waals surface area contributed by atoms with Crippen molar-refractivity contribution >= 4 is 17.4 Å². The van der Waals surface area contributed by atoms with E-state index in [4.69, 9.17) is 0 Å². The second-order valence-electron chi connectivity index (χ2n) is 3.70. The van der Waals surface area contributed by atoms with Crippen molar-refractivity contribution in [3.63, 3.8) is 0 Å². The van der Waals surface area contributed by atoms with Gasteiger partial charge in [-0.3, -0.25) is 0 Å². The van der Waals surface area contributed by atoms with Gasteiger partial charge in [0.1, 0.15) is 5.65 Å². The Labute approximate surface area is 100 Å². The predicted molar refractivity (Wildman–Crippen MR) is 69.9 cm³/mol. The number of imidazole rings is 1. The number of nitrogens with zero attached hydrogens (tertiary/aromatic N) is 2. The molecule has 4 heteroatoms. The van der Waals surface area contributed by atoms with Crippen LogP contribution in [0.1, 0.15) is 12.1 Å². The second kappa shape index (κ2) is 5.92. The van der Waals surface area contributed by atoms with E-state index in [1.165, 1.54) is 17.9 Å². The van der Waals surface area contributed by atoms with Crippen molar-refractivity contribution in [1.82, 2.24) is 14.7 Å². The fraction of sp³-hybridized carbons (Fsp3) is 0.417. The maximum Gasteiger partial charge on any atom is 0.136 e. The summed E-state index contributed by atoms with van der Waals surface area (Å²) in [6.07, 6.45) is 7.36. The molecule has 0 fully saturated rings. The van der Waals surface area contributed by atoms with Crippen LogP contribution in [0, 0.1) is 0 Å². The fourth-order valence-electron chi connectivity index (χ4n) is 1.67. The Kier molecular flexibility index (Phi) is 4.25. The average Bonchev–Trinajstić information content (AvgIpc) is 2.73. The van der Waals surface area contributed by atoms with E-state index in [1.54, 1.807) is 0 Å². The first-order chi connectivity index (χ1) is 7.92. The van der Waals surface area contributed by atoms with Crippen LogP contribution in [-0.4, -0.2) is 27.9 Å². The van der Waals surface area contributed by atoms with Gasteiger partial charge >= 0.3 is 0 Å². The fourth-order valence-corrected chi connectivity index (χ4v) is 2.11. The summed E-state index contributed by atoms with van der Waals surface area (Å²) in [6.45, 7) is 1.96. The molecule has 2 heterocycles. The zero-order chi connectivity index (χ0) is 11.2. The summed E-state index contributed by atoms with van der Waals surface area (Å²) in [5, 5.41) is 3.44. The molecular formula is C12H17N3S. The molecule has 86 valence electrons. The van der Waals surface area contributed by atoms with Crippen molar-refractivity contribution in [2.45, 2.75) is 13.0 Å². The van der Waals surface area contributed by atoms with Gasteiger partial charge in [-0.15, -0.1) is 0 Å². The summed E-state index contributed by atoms with van der Waals surface area (Å²) in [4.78, 5) is 4.35. The Hall–Kier alpha value is -1.00. The largest absolute Gasteiger partial charge is 0.311 e. The maximum absolute atomic E-state index is 4.35. The molecular weight excluding hydrogens is 218 g/mol. The molecule has 0 aliphatic heterocycles. The summed E-state index contributed by atoms with van der Waals surface area (Å²) < 4.78 is 2.13. The van der Waals surface area contributed by atoms with E-state index in [9.17, 15) is 0 Å². The van der Waals surface area contributed by atoms with Crippen LogP contribution in [0.5, 0.6) is 0 Å².